The number of aliphatic hydroxyl groups excluding tert-OH is 1. The van der Waals surface area contributed by atoms with E-state index in [0.717, 1.165) is 5.69 Å². The topological polar surface area (TPSA) is 88.5 Å². The van der Waals surface area contributed by atoms with Gasteiger partial charge in [0, 0.05) is 24.9 Å². The van der Waals surface area contributed by atoms with Crippen LogP contribution in [0.25, 0.3) is 0 Å². The van der Waals surface area contributed by atoms with Crippen molar-refractivity contribution in [3.63, 3.8) is 0 Å². The van der Waals surface area contributed by atoms with Crippen molar-refractivity contribution in [3.05, 3.63) is 30.1 Å². The first-order valence-corrected chi connectivity index (χ1v) is 5.97. The highest BCUT2D eigenvalue weighted by Crippen LogP contribution is 2.15. The molecule has 2 N–H and O–H groups in total. The molecule has 6 nitrogen and oxygen atoms in total. The van der Waals surface area contributed by atoms with Crippen molar-refractivity contribution in [2.24, 2.45) is 5.41 Å². The van der Waals surface area contributed by atoms with E-state index >= 15 is 0 Å². The summed E-state index contributed by atoms with van der Waals surface area (Å²) < 4.78 is 4.56. The van der Waals surface area contributed by atoms with E-state index < -0.39 is 12.0 Å². The normalized spacial score (nSPS) is 13.4. The zero-order chi connectivity index (χ0) is 14.1. The maximum atomic E-state index is 11.9. The van der Waals surface area contributed by atoms with Crippen molar-refractivity contribution in [2.45, 2.75) is 13.3 Å². The first kappa shape index (κ1) is 15.1. The second-order valence-electron chi connectivity index (χ2n) is 4.45. The van der Waals surface area contributed by atoms with Crippen LogP contribution in [-0.4, -0.2) is 42.2 Å². The Labute approximate surface area is 111 Å². The molecule has 0 aromatic carbocycles. The molecule has 0 aliphatic carbocycles. The van der Waals surface area contributed by atoms with Gasteiger partial charge in [-0.05, 0) is 19.1 Å². The van der Waals surface area contributed by atoms with E-state index in [1.54, 1.807) is 6.20 Å². The molecule has 0 aliphatic heterocycles. The summed E-state index contributed by atoms with van der Waals surface area (Å²) in [7, 11) is 0. The lowest BCUT2D eigenvalue weighted by Crippen LogP contribution is -2.45. The number of carbonyl (C=O) groups excluding carboxylic acids is 2. The van der Waals surface area contributed by atoms with Crippen LogP contribution in [-0.2, 0) is 20.7 Å². The molecule has 1 heterocycles. The van der Waals surface area contributed by atoms with Gasteiger partial charge in [-0.1, -0.05) is 6.07 Å². The summed E-state index contributed by atoms with van der Waals surface area (Å²) in [6.07, 6.45) is 2.29. The van der Waals surface area contributed by atoms with Crippen molar-refractivity contribution in [1.82, 2.24) is 10.3 Å². The van der Waals surface area contributed by atoms with Gasteiger partial charge in [-0.3, -0.25) is 14.6 Å². The molecule has 0 spiro atoms. The maximum absolute atomic E-state index is 11.9. The van der Waals surface area contributed by atoms with Crippen LogP contribution in [0.3, 0.4) is 0 Å². The first-order valence-electron chi connectivity index (χ1n) is 5.97. The fraction of sp³-hybridized carbons (Fsp3) is 0.462. The molecular formula is C13H18N2O4. The van der Waals surface area contributed by atoms with Crippen LogP contribution >= 0.6 is 0 Å². The van der Waals surface area contributed by atoms with Gasteiger partial charge in [0.15, 0.2) is 0 Å². The Bertz CT molecular complexity index is 410. The van der Waals surface area contributed by atoms with Gasteiger partial charge in [-0.25, -0.2) is 0 Å². The maximum Gasteiger partial charge on any atom is 0.293 e. The molecule has 0 bridgehead atoms. The fourth-order valence-corrected chi connectivity index (χ4v) is 1.46. The van der Waals surface area contributed by atoms with E-state index in [0.29, 0.717) is 13.0 Å². The van der Waals surface area contributed by atoms with Gasteiger partial charge in [0.25, 0.3) is 6.47 Å². The Kier molecular flexibility index (Phi) is 5.95. The summed E-state index contributed by atoms with van der Waals surface area (Å²) >= 11 is 0. The predicted molar refractivity (Wildman–Crippen MR) is 68.2 cm³/mol. The first-order chi connectivity index (χ1) is 9.12. The summed E-state index contributed by atoms with van der Waals surface area (Å²) in [5.41, 5.74) is -0.247. The Balaban J connectivity index is 2.42. The molecule has 104 valence electrons. The molecule has 1 amide bonds. The molecule has 0 aliphatic rings. The van der Waals surface area contributed by atoms with Crippen molar-refractivity contribution in [3.8, 4) is 0 Å². The minimum atomic E-state index is -1.12. The average molecular weight is 266 g/mol. The summed E-state index contributed by atoms with van der Waals surface area (Å²) in [4.78, 5) is 26.2. The van der Waals surface area contributed by atoms with Gasteiger partial charge in [-0.2, -0.15) is 0 Å². The highest BCUT2D eigenvalue weighted by Gasteiger charge is 2.33. The van der Waals surface area contributed by atoms with E-state index in [-0.39, 0.29) is 19.0 Å². The van der Waals surface area contributed by atoms with Crippen LogP contribution in [0.4, 0.5) is 0 Å². The third-order valence-electron chi connectivity index (χ3n) is 2.76. The van der Waals surface area contributed by atoms with Gasteiger partial charge in [0.05, 0.1) is 6.61 Å². The number of hydrogen-bond donors (Lipinski definition) is 2. The van der Waals surface area contributed by atoms with Gasteiger partial charge in [0.1, 0.15) is 12.0 Å². The lowest BCUT2D eigenvalue weighted by atomic mass is 9.92. The molecule has 0 fully saturated rings. The molecule has 0 saturated carbocycles. The van der Waals surface area contributed by atoms with Crippen LogP contribution in [0.2, 0.25) is 0 Å². The Morgan fingerprint density at radius 1 is 1.58 bits per heavy atom. The second-order valence-corrected chi connectivity index (χ2v) is 4.45. The smallest absolute Gasteiger partial charge is 0.293 e. The van der Waals surface area contributed by atoms with E-state index in [2.05, 4.69) is 15.0 Å². The minimum absolute atomic E-state index is 0.150. The number of amides is 1. The third kappa shape index (κ3) is 4.67. The van der Waals surface area contributed by atoms with Crippen molar-refractivity contribution < 1.29 is 19.4 Å². The largest absolute Gasteiger partial charge is 0.467 e. The minimum Gasteiger partial charge on any atom is -0.467 e. The number of aromatic nitrogens is 1. The van der Waals surface area contributed by atoms with Crippen molar-refractivity contribution in [2.75, 3.05) is 19.8 Å². The average Bonchev–Trinajstić information content (AvgIpc) is 2.45. The van der Waals surface area contributed by atoms with E-state index in [1.165, 1.54) is 6.92 Å². The summed E-state index contributed by atoms with van der Waals surface area (Å²) in [5, 5.41) is 11.9. The predicted octanol–water partition coefficient (Wildman–Crippen LogP) is -0.0881. The Morgan fingerprint density at radius 3 is 2.95 bits per heavy atom. The molecule has 0 radical (unpaired) electrons. The van der Waals surface area contributed by atoms with Crippen LogP contribution < -0.4 is 5.32 Å². The van der Waals surface area contributed by atoms with Gasteiger partial charge < -0.3 is 15.2 Å². The quantitative estimate of drug-likeness (QED) is 0.642. The standard InChI is InChI=1S/C13H18N2O4/c1-13(8-16,9-19-10-17)12(18)15-7-5-11-4-2-3-6-14-11/h2-4,6,10,16H,5,7-9H2,1H3,(H,15,18). The highest BCUT2D eigenvalue weighted by atomic mass is 16.5. The third-order valence-corrected chi connectivity index (χ3v) is 2.76. The molecule has 1 aromatic heterocycles. The molecule has 1 atom stereocenters. The molecule has 1 aromatic rings. The molecular weight excluding hydrogens is 248 g/mol. The van der Waals surface area contributed by atoms with Gasteiger partial charge in [-0.15, -0.1) is 0 Å². The van der Waals surface area contributed by atoms with Crippen LogP contribution in [0.1, 0.15) is 12.6 Å². The number of nitrogens with zero attached hydrogens (tertiary/aromatic N) is 1. The zero-order valence-corrected chi connectivity index (χ0v) is 10.8. The van der Waals surface area contributed by atoms with Gasteiger partial charge in [0.2, 0.25) is 5.91 Å². The Hall–Kier alpha value is -1.95. The lowest BCUT2D eigenvalue weighted by molar-refractivity contribution is -0.142. The number of hydrogen-bond acceptors (Lipinski definition) is 5. The Morgan fingerprint density at radius 2 is 2.37 bits per heavy atom. The molecule has 6 heteroatoms. The fourth-order valence-electron chi connectivity index (χ4n) is 1.46. The molecule has 1 unspecified atom stereocenters. The monoisotopic (exact) mass is 266 g/mol. The van der Waals surface area contributed by atoms with Gasteiger partial charge >= 0.3 is 0 Å². The van der Waals surface area contributed by atoms with Crippen LogP contribution in [0.5, 0.6) is 0 Å². The zero-order valence-electron chi connectivity index (χ0n) is 10.8. The van der Waals surface area contributed by atoms with E-state index in [1.807, 2.05) is 18.2 Å². The number of carbonyl (C=O) groups is 2. The molecule has 19 heavy (non-hydrogen) atoms. The number of aliphatic hydroxyl groups is 1. The van der Waals surface area contributed by atoms with Crippen LogP contribution in [0.15, 0.2) is 24.4 Å². The second kappa shape index (κ2) is 7.48. The number of rotatable bonds is 8. The molecule has 1 rings (SSSR count). The summed E-state index contributed by atoms with van der Waals surface area (Å²) in [6.45, 7) is 1.66. The van der Waals surface area contributed by atoms with Crippen LogP contribution in [0, 0.1) is 5.41 Å². The summed E-state index contributed by atoms with van der Waals surface area (Å²) in [6, 6.07) is 5.56. The van der Waals surface area contributed by atoms with Crippen molar-refractivity contribution in [1.29, 1.82) is 0 Å². The number of nitrogens with one attached hydrogen (secondary N) is 1. The lowest BCUT2D eigenvalue weighted by Gasteiger charge is -2.24. The van der Waals surface area contributed by atoms with Crippen molar-refractivity contribution >= 4 is 12.4 Å². The van der Waals surface area contributed by atoms with E-state index in [4.69, 9.17) is 0 Å². The number of pyridine rings is 1. The molecule has 0 saturated heterocycles. The highest BCUT2D eigenvalue weighted by molar-refractivity contribution is 5.82. The SMILES string of the molecule is CC(CO)(COC=O)C(=O)NCCc1ccccn1. The van der Waals surface area contributed by atoms with E-state index in [9.17, 15) is 14.7 Å². The summed E-state index contributed by atoms with van der Waals surface area (Å²) in [5.74, 6) is -0.354. The number of ether oxygens (including phenoxy) is 1.